The van der Waals surface area contributed by atoms with E-state index in [0.717, 1.165) is 38.5 Å². The highest BCUT2D eigenvalue weighted by Crippen LogP contribution is 2.42. The molecule has 1 aliphatic heterocycles. The van der Waals surface area contributed by atoms with Gasteiger partial charge in [-0.25, -0.2) is 4.79 Å². The molecule has 1 saturated heterocycles. The average molecular weight is 269 g/mol. The third kappa shape index (κ3) is 2.69. The van der Waals surface area contributed by atoms with Crippen molar-refractivity contribution in [3.8, 4) is 0 Å². The smallest absolute Gasteiger partial charge is 0.409 e. The Kier molecular flexibility index (Phi) is 4.32. The molecule has 1 aliphatic carbocycles. The number of likely N-dealkylation sites (tertiary alicyclic amines) is 1. The van der Waals surface area contributed by atoms with E-state index in [9.17, 15) is 9.59 Å². The minimum atomic E-state index is -0.310. The molecule has 0 aromatic carbocycles. The van der Waals surface area contributed by atoms with Gasteiger partial charge in [0.05, 0.1) is 20.1 Å². The molecule has 0 N–H and O–H groups in total. The molecule has 0 radical (unpaired) electrons. The number of rotatable bonds is 1. The van der Waals surface area contributed by atoms with Crippen LogP contribution in [0.1, 0.15) is 44.9 Å². The van der Waals surface area contributed by atoms with Crippen LogP contribution in [0.15, 0.2) is 0 Å². The van der Waals surface area contributed by atoms with Gasteiger partial charge in [-0.1, -0.05) is 19.3 Å². The lowest BCUT2D eigenvalue weighted by Crippen LogP contribution is -2.58. The number of carbonyl (C=O) groups excluding carboxylic acids is 2. The quantitative estimate of drug-likeness (QED) is 0.686. The lowest BCUT2D eigenvalue weighted by molar-refractivity contribution is -0.149. The molecule has 5 nitrogen and oxygen atoms in total. The predicted octanol–water partition coefficient (Wildman–Crippen LogP) is 2.34. The van der Waals surface area contributed by atoms with Crippen molar-refractivity contribution in [2.45, 2.75) is 50.5 Å². The molecule has 1 unspecified atom stereocenters. The van der Waals surface area contributed by atoms with E-state index in [1.54, 1.807) is 4.90 Å². The van der Waals surface area contributed by atoms with E-state index < -0.39 is 0 Å². The summed E-state index contributed by atoms with van der Waals surface area (Å²) in [5.41, 5.74) is -0.0874. The number of methoxy groups -OCH3 is 2. The molecule has 1 saturated carbocycles. The molecule has 1 heterocycles. The van der Waals surface area contributed by atoms with Gasteiger partial charge < -0.3 is 14.4 Å². The Morgan fingerprint density at radius 1 is 1.05 bits per heavy atom. The fourth-order valence-corrected chi connectivity index (χ4v) is 3.55. The van der Waals surface area contributed by atoms with Gasteiger partial charge in [-0.3, -0.25) is 4.79 Å². The largest absolute Gasteiger partial charge is 0.469 e. The first-order valence-electron chi connectivity index (χ1n) is 7.06. The number of amides is 1. The average Bonchev–Trinajstić information content (AvgIpc) is 2.47. The van der Waals surface area contributed by atoms with E-state index in [2.05, 4.69) is 0 Å². The lowest BCUT2D eigenvalue weighted by atomic mass is 9.73. The number of nitrogens with zero attached hydrogens (tertiary/aromatic N) is 1. The van der Waals surface area contributed by atoms with Gasteiger partial charge in [0, 0.05) is 12.1 Å². The van der Waals surface area contributed by atoms with E-state index in [4.69, 9.17) is 9.47 Å². The van der Waals surface area contributed by atoms with Crippen molar-refractivity contribution in [1.29, 1.82) is 0 Å². The summed E-state index contributed by atoms with van der Waals surface area (Å²) in [5, 5.41) is 0. The zero-order valence-electron chi connectivity index (χ0n) is 11.8. The van der Waals surface area contributed by atoms with Gasteiger partial charge in [0.25, 0.3) is 0 Å². The van der Waals surface area contributed by atoms with Gasteiger partial charge in [0.1, 0.15) is 0 Å². The third-order valence-corrected chi connectivity index (χ3v) is 4.65. The molecule has 0 aromatic rings. The van der Waals surface area contributed by atoms with Crippen LogP contribution in [0.2, 0.25) is 0 Å². The number of carbonyl (C=O) groups is 2. The van der Waals surface area contributed by atoms with E-state index in [0.29, 0.717) is 6.54 Å². The summed E-state index contributed by atoms with van der Waals surface area (Å²) < 4.78 is 9.72. The molecule has 108 valence electrons. The second-order valence-corrected chi connectivity index (χ2v) is 5.62. The summed E-state index contributed by atoms with van der Waals surface area (Å²) >= 11 is 0. The highest BCUT2D eigenvalue weighted by molar-refractivity contribution is 5.75. The molecular weight excluding hydrogens is 246 g/mol. The van der Waals surface area contributed by atoms with Crippen LogP contribution in [0.4, 0.5) is 4.79 Å². The second kappa shape index (κ2) is 5.80. The monoisotopic (exact) mass is 269 g/mol. The van der Waals surface area contributed by atoms with E-state index in [-0.39, 0.29) is 23.5 Å². The van der Waals surface area contributed by atoms with Crippen molar-refractivity contribution in [3.63, 3.8) is 0 Å². The molecule has 1 atom stereocenters. The highest BCUT2D eigenvalue weighted by atomic mass is 16.5. The van der Waals surface area contributed by atoms with Crippen molar-refractivity contribution < 1.29 is 19.1 Å². The molecule has 0 aromatic heterocycles. The summed E-state index contributed by atoms with van der Waals surface area (Å²) in [5.74, 6) is -0.434. The Morgan fingerprint density at radius 3 is 2.32 bits per heavy atom. The number of hydrogen-bond acceptors (Lipinski definition) is 4. The Hall–Kier alpha value is -1.26. The Balaban J connectivity index is 2.16. The van der Waals surface area contributed by atoms with Gasteiger partial charge >= 0.3 is 12.1 Å². The summed E-state index contributed by atoms with van der Waals surface area (Å²) in [6.45, 7) is 0.430. The molecule has 1 spiro atoms. The molecule has 1 amide bonds. The molecule has 2 fully saturated rings. The molecule has 0 bridgehead atoms. The molecular formula is C14H23NO4. The first kappa shape index (κ1) is 14.2. The van der Waals surface area contributed by atoms with Crippen LogP contribution in [-0.2, 0) is 14.3 Å². The van der Waals surface area contributed by atoms with Crippen molar-refractivity contribution in [2.75, 3.05) is 20.8 Å². The normalized spacial score (nSPS) is 26.0. The van der Waals surface area contributed by atoms with Crippen molar-refractivity contribution in [3.05, 3.63) is 0 Å². The first-order valence-corrected chi connectivity index (χ1v) is 7.06. The van der Waals surface area contributed by atoms with Crippen LogP contribution in [-0.4, -0.2) is 43.3 Å². The lowest BCUT2D eigenvalue weighted by Gasteiger charge is -2.50. The Morgan fingerprint density at radius 2 is 1.74 bits per heavy atom. The summed E-state index contributed by atoms with van der Waals surface area (Å²) in [7, 11) is 2.80. The number of esters is 1. The van der Waals surface area contributed by atoms with Crippen LogP contribution in [0, 0.1) is 5.92 Å². The van der Waals surface area contributed by atoms with Crippen molar-refractivity contribution in [2.24, 2.45) is 5.92 Å². The number of hydrogen-bond donors (Lipinski definition) is 0. The zero-order chi connectivity index (χ0) is 13.9. The van der Waals surface area contributed by atoms with Crippen LogP contribution < -0.4 is 0 Å². The second-order valence-electron chi connectivity index (χ2n) is 5.62. The van der Waals surface area contributed by atoms with Gasteiger partial charge in [-0.05, 0) is 25.7 Å². The van der Waals surface area contributed by atoms with Gasteiger partial charge in [-0.2, -0.15) is 0 Å². The van der Waals surface area contributed by atoms with E-state index >= 15 is 0 Å². The maximum atomic E-state index is 12.0. The van der Waals surface area contributed by atoms with Crippen LogP contribution in [0.5, 0.6) is 0 Å². The summed E-state index contributed by atoms with van der Waals surface area (Å²) in [6, 6.07) is 0. The maximum Gasteiger partial charge on any atom is 0.409 e. The molecule has 19 heavy (non-hydrogen) atoms. The zero-order valence-corrected chi connectivity index (χ0v) is 11.8. The van der Waals surface area contributed by atoms with Crippen LogP contribution >= 0.6 is 0 Å². The van der Waals surface area contributed by atoms with E-state index in [1.165, 1.54) is 20.6 Å². The maximum absolute atomic E-state index is 12.0. The first-order chi connectivity index (χ1) is 9.13. The minimum absolute atomic E-state index is 0.0874. The number of ether oxygens (including phenoxy) is 2. The highest BCUT2D eigenvalue weighted by Gasteiger charge is 2.46. The minimum Gasteiger partial charge on any atom is -0.469 e. The van der Waals surface area contributed by atoms with Gasteiger partial charge in [0.2, 0.25) is 0 Å². The SMILES string of the molecule is COC(=O)C1CCC2(CCCCC2)N(C(=O)OC)C1. The van der Waals surface area contributed by atoms with Crippen LogP contribution in [0.25, 0.3) is 0 Å². The standard InChI is InChI=1S/C14H23NO4/c1-18-12(16)11-6-9-14(7-4-3-5-8-14)15(10-11)13(17)19-2/h11H,3-10H2,1-2H3. The van der Waals surface area contributed by atoms with Crippen molar-refractivity contribution >= 4 is 12.1 Å². The Bertz CT molecular complexity index is 349. The molecule has 5 heteroatoms. The fraction of sp³-hybridized carbons (Fsp3) is 0.857. The molecule has 2 rings (SSSR count). The van der Waals surface area contributed by atoms with Crippen LogP contribution in [0.3, 0.4) is 0 Å². The number of piperidine rings is 1. The topological polar surface area (TPSA) is 55.8 Å². The predicted molar refractivity (Wildman–Crippen MR) is 69.7 cm³/mol. The summed E-state index contributed by atoms with van der Waals surface area (Å²) in [6.07, 6.45) is 6.95. The van der Waals surface area contributed by atoms with Crippen molar-refractivity contribution in [1.82, 2.24) is 4.90 Å². The van der Waals surface area contributed by atoms with Gasteiger partial charge in [0.15, 0.2) is 0 Å². The van der Waals surface area contributed by atoms with E-state index in [1.807, 2.05) is 0 Å². The Labute approximate surface area is 114 Å². The molecule has 2 aliphatic rings. The summed E-state index contributed by atoms with van der Waals surface area (Å²) in [4.78, 5) is 25.5. The fourth-order valence-electron chi connectivity index (χ4n) is 3.55. The van der Waals surface area contributed by atoms with Gasteiger partial charge in [-0.15, -0.1) is 0 Å². The third-order valence-electron chi connectivity index (χ3n) is 4.65.